The number of fused-ring (bicyclic) bond motifs is 1. The van der Waals surface area contributed by atoms with Gasteiger partial charge in [-0.25, -0.2) is 18.2 Å². The van der Waals surface area contributed by atoms with E-state index in [1.807, 2.05) is 6.07 Å². The van der Waals surface area contributed by atoms with E-state index in [9.17, 15) is 23.1 Å². The molecular weight excluding hydrogens is 408 g/mol. The van der Waals surface area contributed by atoms with Gasteiger partial charge in [0, 0.05) is 33.4 Å². The van der Waals surface area contributed by atoms with Crippen molar-refractivity contribution in [3.8, 4) is 0 Å². The molecule has 1 unspecified atom stereocenters. The molecule has 1 atom stereocenters. The molecule has 0 aliphatic rings. The van der Waals surface area contributed by atoms with Crippen LogP contribution in [0.15, 0.2) is 57.1 Å². The minimum Gasteiger partial charge on any atom is -0.392 e. The Kier molecular flexibility index (Phi) is 6.20. The highest BCUT2D eigenvalue weighted by molar-refractivity contribution is 7.89. The fourth-order valence-corrected chi connectivity index (χ4v) is 4.57. The first-order valence-corrected chi connectivity index (χ1v) is 10.9. The van der Waals surface area contributed by atoms with Gasteiger partial charge in [-0.2, -0.15) is 4.31 Å². The summed E-state index contributed by atoms with van der Waals surface area (Å²) < 4.78 is 30.0. The van der Waals surface area contributed by atoms with E-state index in [0.717, 1.165) is 16.3 Å². The molecule has 10 heteroatoms. The van der Waals surface area contributed by atoms with Crippen LogP contribution in [0.4, 0.5) is 0 Å². The first kappa shape index (κ1) is 21.9. The Morgan fingerprint density at radius 1 is 1.13 bits per heavy atom. The van der Waals surface area contributed by atoms with E-state index in [1.54, 1.807) is 31.2 Å². The topological polar surface area (TPSA) is 114 Å². The molecule has 0 amide bonds. The number of pyridine rings is 1. The molecule has 2 heterocycles. The van der Waals surface area contributed by atoms with Crippen LogP contribution in [0, 0.1) is 0 Å². The SMILES string of the molecule is CCC(O)CN(Cc1ccccc1)S(=O)(=O)c1cnc2c(c1)c(=O)n(C)c(=O)n2C. The minimum absolute atomic E-state index is 0.0244. The van der Waals surface area contributed by atoms with Crippen molar-refractivity contribution in [2.45, 2.75) is 30.9 Å². The van der Waals surface area contributed by atoms with E-state index < -0.39 is 27.4 Å². The lowest BCUT2D eigenvalue weighted by molar-refractivity contribution is 0.140. The Labute approximate surface area is 173 Å². The van der Waals surface area contributed by atoms with Crippen LogP contribution in [0.3, 0.4) is 0 Å². The molecule has 0 fully saturated rings. The van der Waals surface area contributed by atoms with Gasteiger partial charge >= 0.3 is 5.69 Å². The predicted octanol–water partition coefficient (Wildman–Crippen LogP) is 0.594. The van der Waals surface area contributed by atoms with E-state index in [0.29, 0.717) is 6.42 Å². The van der Waals surface area contributed by atoms with Gasteiger partial charge in [-0.05, 0) is 18.1 Å². The number of aryl methyl sites for hydroxylation is 1. The van der Waals surface area contributed by atoms with Gasteiger partial charge < -0.3 is 5.11 Å². The normalized spacial score (nSPS) is 13.1. The Bertz CT molecular complexity index is 1280. The van der Waals surface area contributed by atoms with Crippen molar-refractivity contribution in [2.75, 3.05) is 6.54 Å². The Morgan fingerprint density at radius 3 is 2.43 bits per heavy atom. The molecule has 160 valence electrons. The maximum Gasteiger partial charge on any atom is 0.332 e. The zero-order valence-corrected chi connectivity index (χ0v) is 17.8. The quantitative estimate of drug-likeness (QED) is 0.585. The first-order chi connectivity index (χ1) is 14.2. The van der Waals surface area contributed by atoms with Crippen molar-refractivity contribution in [2.24, 2.45) is 14.1 Å². The maximum atomic E-state index is 13.4. The molecule has 1 aromatic carbocycles. The zero-order chi connectivity index (χ0) is 22.1. The van der Waals surface area contributed by atoms with E-state index in [2.05, 4.69) is 4.98 Å². The summed E-state index contributed by atoms with van der Waals surface area (Å²) in [5.41, 5.74) is -0.310. The molecule has 1 N–H and O–H groups in total. The standard InChI is InChI=1S/C20H24N4O5S/c1-4-15(25)13-24(12-14-8-6-5-7-9-14)30(28,29)16-10-17-18(21-11-16)22(2)20(27)23(3)19(17)26/h5-11,15,25H,4,12-13H2,1-3H3. The van der Waals surface area contributed by atoms with Crippen LogP contribution in [0.5, 0.6) is 0 Å². The highest BCUT2D eigenvalue weighted by atomic mass is 32.2. The molecule has 30 heavy (non-hydrogen) atoms. The smallest absolute Gasteiger partial charge is 0.332 e. The third-order valence-electron chi connectivity index (χ3n) is 4.99. The average molecular weight is 433 g/mol. The maximum absolute atomic E-state index is 13.4. The zero-order valence-electron chi connectivity index (χ0n) is 17.0. The molecule has 0 radical (unpaired) electrons. The molecule has 3 aromatic rings. The second-order valence-electron chi connectivity index (χ2n) is 7.09. The highest BCUT2D eigenvalue weighted by Gasteiger charge is 2.28. The molecule has 2 aromatic heterocycles. The van der Waals surface area contributed by atoms with Crippen LogP contribution in [0.2, 0.25) is 0 Å². The van der Waals surface area contributed by atoms with Gasteiger partial charge in [0.25, 0.3) is 5.56 Å². The lowest BCUT2D eigenvalue weighted by Crippen LogP contribution is -2.38. The molecule has 0 aliphatic heterocycles. The third kappa shape index (κ3) is 4.07. The van der Waals surface area contributed by atoms with Crippen LogP contribution >= 0.6 is 0 Å². The first-order valence-electron chi connectivity index (χ1n) is 9.44. The number of rotatable bonds is 7. The van der Waals surface area contributed by atoms with E-state index in [-0.39, 0.29) is 29.0 Å². The van der Waals surface area contributed by atoms with Crippen LogP contribution < -0.4 is 11.2 Å². The molecule has 0 saturated carbocycles. The Balaban J connectivity index is 2.13. The summed E-state index contributed by atoms with van der Waals surface area (Å²) >= 11 is 0. The number of benzene rings is 1. The van der Waals surface area contributed by atoms with Gasteiger partial charge in [-0.1, -0.05) is 37.3 Å². The summed E-state index contributed by atoms with van der Waals surface area (Å²) in [4.78, 5) is 28.5. The fourth-order valence-electron chi connectivity index (χ4n) is 3.14. The molecule has 3 rings (SSSR count). The monoisotopic (exact) mass is 432 g/mol. The molecule has 0 spiro atoms. The summed E-state index contributed by atoms with van der Waals surface area (Å²) in [6.45, 7) is 1.72. The van der Waals surface area contributed by atoms with Crippen LogP contribution in [0.1, 0.15) is 18.9 Å². The number of hydrogen-bond acceptors (Lipinski definition) is 6. The number of hydrogen-bond donors (Lipinski definition) is 1. The molecule has 9 nitrogen and oxygen atoms in total. The van der Waals surface area contributed by atoms with Gasteiger partial charge in [0.1, 0.15) is 10.5 Å². The second-order valence-corrected chi connectivity index (χ2v) is 9.03. The lowest BCUT2D eigenvalue weighted by Gasteiger charge is -2.24. The van der Waals surface area contributed by atoms with Crippen molar-refractivity contribution in [1.82, 2.24) is 18.4 Å². The van der Waals surface area contributed by atoms with Crippen molar-refractivity contribution in [3.05, 3.63) is 69.0 Å². The Hall–Kier alpha value is -2.82. The average Bonchev–Trinajstić information content (AvgIpc) is 2.75. The second kappa shape index (κ2) is 8.50. The predicted molar refractivity (Wildman–Crippen MR) is 113 cm³/mol. The fraction of sp³-hybridized carbons (Fsp3) is 0.350. The third-order valence-corrected chi connectivity index (χ3v) is 6.77. The van der Waals surface area contributed by atoms with Crippen molar-refractivity contribution >= 4 is 21.1 Å². The molecule has 0 saturated heterocycles. The highest BCUT2D eigenvalue weighted by Crippen LogP contribution is 2.21. The Morgan fingerprint density at radius 2 is 1.80 bits per heavy atom. The van der Waals surface area contributed by atoms with Crippen LogP contribution in [-0.4, -0.2) is 44.6 Å². The minimum atomic E-state index is -4.07. The van der Waals surface area contributed by atoms with Crippen molar-refractivity contribution in [1.29, 1.82) is 0 Å². The van der Waals surface area contributed by atoms with Crippen molar-refractivity contribution < 1.29 is 13.5 Å². The summed E-state index contributed by atoms with van der Waals surface area (Å²) in [6, 6.07) is 10.3. The van der Waals surface area contributed by atoms with E-state index in [1.165, 1.54) is 29.0 Å². The molecule has 0 aliphatic carbocycles. The number of aliphatic hydroxyl groups excluding tert-OH is 1. The summed E-state index contributed by atoms with van der Waals surface area (Å²) in [5, 5.41) is 10.1. The van der Waals surface area contributed by atoms with E-state index in [4.69, 9.17) is 0 Å². The van der Waals surface area contributed by atoms with Crippen molar-refractivity contribution in [3.63, 3.8) is 0 Å². The van der Waals surface area contributed by atoms with Crippen LogP contribution in [0.25, 0.3) is 11.0 Å². The van der Waals surface area contributed by atoms with Gasteiger partial charge in [0.2, 0.25) is 10.0 Å². The summed E-state index contributed by atoms with van der Waals surface area (Å²) in [5.74, 6) is 0. The molecular formula is C20H24N4O5S. The van der Waals surface area contributed by atoms with Gasteiger partial charge in [-0.15, -0.1) is 0 Å². The largest absolute Gasteiger partial charge is 0.392 e. The molecule has 0 bridgehead atoms. The van der Waals surface area contributed by atoms with Crippen LogP contribution in [-0.2, 0) is 30.7 Å². The number of aromatic nitrogens is 3. The summed E-state index contributed by atoms with van der Waals surface area (Å²) in [7, 11) is -1.29. The summed E-state index contributed by atoms with van der Waals surface area (Å²) in [6.07, 6.45) is 0.678. The number of nitrogens with zero attached hydrogens (tertiary/aromatic N) is 4. The van der Waals surface area contributed by atoms with E-state index >= 15 is 0 Å². The van der Waals surface area contributed by atoms with Gasteiger partial charge in [-0.3, -0.25) is 13.9 Å². The lowest BCUT2D eigenvalue weighted by atomic mass is 10.2. The number of sulfonamides is 1. The van der Waals surface area contributed by atoms with Gasteiger partial charge in [0.05, 0.1) is 11.5 Å². The van der Waals surface area contributed by atoms with Gasteiger partial charge in [0.15, 0.2) is 0 Å². The number of aliphatic hydroxyl groups is 1.